The van der Waals surface area contributed by atoms with E-state index in [0.717, 1.165) is 17.2 Å². The van der Waals surface area contributed by atoms with Crippen molar-refractivity contribution < 1.29 is 23.9 Å². The van der Waals surface area contributed by atoms with E-state index >= 15 is 0 Å². The maximum atomic E-state index is 12.8. The molecule has 0 aliphatic heterocycles. The number of methoxy groups -OCH3 is 2. The second kappa shape index (κ2) is 11.7. The quantitative estimate of drug-likeness (QED) is 0.170. The third-order valence-corrected chi connectivity index (χ3v) is 5.48. The summed E-state index contributed by atoms with van der Waals surface area (Å²) in [7, 11) is 2.81. The Labute approximate surface area is 212 Å². The van der Waals surface area contributed by atoms with Gasteiger partial charge in [0, 0.05) is 12.1 Å². The van der Waals surface area contributed by atoms with Crippen molar-refractivity contribution in [3.63, 3.8) is 0 Å². The zero-order valence-corrected chi connectivity index (χ0v) is 20.5. The molecule has 36 heavy (non-hydrogen) atoms. The molecule has 0 spiro atoms. The van der Waals surface area contributed by atoms with Crippen molar-refractivity contribution in [3.05, 3.63) is 92.0 Å². The van der Waals surface area contributed by atoms with E-state index in [1.807, 2.05) is 37.3 Å². The van der Waals surface area contributed by atoms with E-state index < -0.39 is 10.8 Å². The van der Waals surface area contributed by atoms with Crippen molar-refractivity contribution in [2.24, 2.45) is 0 Å². The smallest absolute Gasteiger partial charge is 0.271 e. The first-order chi connectivity index (χ1) is 17.3. The molecule has 0 saturated carbocycles. The van der Waals surface area contributed by atoms with Crippen molar-refractivity contribution in [3.8, 4) is 23.3 Å². The highest BCUT2D eigenvalue weighted by molar-refractivity contribution is 6.32. The molecule has 0 saturated heterocycles. The highest BCUT2D eigenvalue weighted by Gasteiger charge is 2.18. The van der Waals surface area contributed by atoms with Crippen LogP contribution in [-0.2, 0) is 11.4 Å². The normalized spacial score (nSPS) is 10.8. The zero-order valence-electron chi connectivity index (χ0n) is 19.7. The highest BCUT2D eigenvalue weighted by Crippen LogP contribution is 2.38. The predicted molar refractivity (Wildman–Crippen MR) is 135 cm³/mol. The number of nitriles is 1. The van der Waals surface area contributed by atoms with Crippen LogP contribution in [0.25, 0.3) is 6.08 Å². The number of carbonyl (C=O) groups is 1. The van der Waals surface area contributed by atoms with Gasteiger partial charge < -0.3 is 19.5 Å². The molecule has 0 heterocycles. The standard InChI is InChI=1S/C26H22ClN3O6/c1-16-6-4-5-7-18(16)15-36-25-21(27)11-17(12-24(25)35-3)10-19(14-28)26(31)29-22-13-20(30(32)33)8-9-23(22)34-2/h4-13H,15H2,1-3H3,(H,29,31)/b19-10+. The van der Waals surface area contributed by atoms with Gasteiger partial charge in [0.05, 0.1) is 29.9 Å². The van der Waals surface area contributed by atoms with Crippen LogP contribution in [-0.4, -0.2) is 25.1 Å². The van der Waals surface area contributed by atoms with Crippen LogP contribution in [0.3, 0.4) is 0 Å². The van der Waals surface area contributed by atoms with Gasteiger partial charge in [-0.2, -0.15) is 5.26 Å². The number of nitro groups is 1. The summed E-state index contributed by atoms with van der Waals surface area (Å²) in [6, 6.07) is 16.5. The molecule has 3 aromatic rings. The number of aryl methyl sites for hydroxylation is 1. The average molecular weight is 508 g/mol. The lowest BCUT2D eigenvalue weighted by Gasteiger charge is -2.14. The van der Waals surface area contributed by atoms with Gasteiger partial charge in [-0.1, -0.05) is 35.9 Å². The molecule has 0 aromatic heterocycles. The molecule has 0 bridgehead atoms. The summed E-state index contributed by atoms with van der Waals surface area (Å²) in [6.07, 6.45) is 1.32. The fourth-order valence-electron chi connectivity index (χ4n) is 3.30. The third-order valence-electron chi connectivity index (χ3n) is 5.20. The topological polar surface area (TPSA) is 124 Å². The van der Waals surface area contributed by atoms with E-state index in [2.05, 4.69) is 5.32 Å². The minimum atomic E-state index is -0.786. The first kappa shape index (κ1) is 26.1. The summed E-state index contributed by atoms with van der Waals surface area (Å²) in [4.78, 5) is 23.3. The van der Waals surface area contributed by atoms with Gasteiger partial charge in [0.1, 0.15) is 24.0 Å². The average Bonchev–Trinajstić information content (AvgIpc) is 2.87. The van der Waals surface area contributed by atoms with Gasteiger partial charge in [-0.25, -0.2) is 0 Å². The maximum absolute atomic E-state index is 12.8. The molecule has 1 N–H and O–H groups in total. The number of hydrogen-bond donors (Lipinski definition) is 1. The Hall–Kier alpha value is -4.55. The summed E-state index contributed by atoms with van der Waals surface area (Å²) in [5.74, 6) is 0.0571. The van der Waals surface area contributed by atoms with Gasteiger partial charge in [-0.05, 0) is 47.9 Å². The number of halogens is 1. The summed E-state index contributed by atoms with van der Waals surface area (Å²) >= 11 is 6.44. The fraction of sp³-hybridized carbons (Fsp3) is 0.154. The van der Waals surface area contributed by atoms with Gasteiger partial charge in [-0.15, -0.1) is 0 Å². The largest absolute Gasteiger partial charge is 0.495 e. The molecule has 1 amide bonds. The molecular formula is C26H22ClN3O6. The number of amides is 1. The predicted octanol–water partition coefficient (Wildman–Crippen LogP) is 5.70. The number of ether oxygens (including phenoxy) is 3. The van der Waals surface area contributed by atoms with E-state index in [1.54, 1.807) is 6.07 Å². The second-order valence-corrected chi connectivity index (χ2v) is 7.92. The molecule has 9 nitrogen and oxygen atoms in total. The van der Waals surface area contributed by atoms with Crippen LogP contribution >= 0.6 is 11.6 Å². The van der Waals surface area contributed by atoms with Crippen LogP contribution in [0.15, 0.2) is 60.2 Å². The van der Waals surface area contributed by atoms with E-state index in [9.17, 15) is 20.2 Å². The van der Waals surface area contributed by atoms with Crippen molar-refractivity contribution in [1.82, 2.24) is 0 Å². The number of rotatable bonds is 9. The molecule has 0 atom stereocenters. The van der Waals surface area contributed by atoms with Crippen molar-refractivity contribution >= 4 is 35.0 Å². The first-order valence-corrected chi connectivity index (χ1v) is 11.0. The number of non-ortho nitro benzene ring substituents is 1. The lowest BCUT2D eigenvalue weighted by Crippen LogP contribution is -2.14. The number of anilines is 1. The first-order valence-electron chi connectivity index (χ1n) is 10.6. The van der Waals surface area contributed by atoms with Crippen LogP contribution in [0.5, 0.6) is 17.2 Å². The molecule has 0 radical (unpaired) electrons. The molecule has 0 fully saturated rings. The number of nitrogens with one attached hydrogen (secondary N) is 1. The number of nitro benzene ring substituents is 1. The Morgan fingerprint density at radius 1 is 1.14 bits per heavy atom. The van der Waals surface area contributed by atoms with Gasteiger partial charge in [-0.3, -0.25) is 14.9 Å². The summed E-state index contributed by atoms with van der Waals surface area (Å²) in [6.45, 7) is 2.25. The number of carbonyl (C=O) groups excluding carboxylic acids is 1. The van der Waals surface area contributed by atoms with E-state index in [0.29, 0.717) is 17.1 Å². The van der Waals surface area contributed by atoms with Crippen LogP contribution < -0.4 is 19.5 Å². The number of nitrogens with zero attached hydrogens (tertiary/aromatic N) is 2. The zero-order chi connectivity index (χ0) is 26.2. The third kappa shape index (κ3) is 6.11. The molecule has 10 heteroatoms. The minimum absolute atomic E-state index is 0.0495. The molecule has 3 aromatic carbocycles. The molecule has 0 unspecified atom stereocenters. The Morgan fingerprint density at radius 3 is 2.50 bits per heavy atom. The van der Waals surface area contributed by atoms with Gasteiger partial charge in [0.25, 0.3) is 11.6 Å². The molecule has 184 valence electrons. The highest BCUT2D eigenvalue weighted by atomic mass is 35.5. The Morgan fingerprint density at radius 2 is 1.86 bits per heavy atom. The minimum Gasteiger partial charge on any atom is -0.495 e. The second-order valence-electron chi connectivity index (χ2n) is 7.51. The van der Waals surface area contributed by atoms with Gasteiger partial charge in [0.2, 0.25) is 0 Å². The van der Waals surface area contributed by atoms with Crippen LogP contribution in [0.4, 0.5) is 11.4 Å². The molecular weight excluding hydrogens is 486 g/mol. The number of benzene rings is 3. The van der Waals surface area contributed by atoms with Crippen LogP contribution in [0, 0.1) is 28.4 Å². The lowest BCUT2D eigenvalue weighted by atomic mass is 10.1. The summed E-state index contributed by atoms with van der Waals surface area (Å²) in [5.41, 5.74) is 2.00. The van der Waals surface area contributed by atoms with Crippen LogP contribution in [0.2, 0.25) is 5.02 Å². The van der Waals surface area contributed by atoms with Crippen molar-refractivity contribution in [1.29, 1.82) is 5.26 Å². The monoisotopic (exact) mass is 507 g/mol. The Bertz CT molecular complexity index is 1380. The van der Waals surface area contributed by atoms with E-state index in [4.69, 9.17) is 25.8 Å². The van der Waals surface area contributed by atoms with Gasteiger partial charge in [0.15, 0.2) is 11.5 Å². The lowest BCUT2D eigenvalue weighted by molar-refractivity contribution is -0.384. The Kier molecular flexibility index (Phi) is 8.49. The molecule has 0 aliphatic carbocycles. The fourth-order valence-corrected chi connectivity index (χ4v) is 3.57. The summed E-state index contributed by atoms with van der Waals surface area (Å²) < 4.78 is 16.5. The van der Waals surface area contributed by atoms with Gasteiger partial charge >= 0.3 is 0 Å². The SMILES string of the molecule is COc1ccc([N+](=O)[O-])cc1NC(=O)/C(C#N)=C/c1cc(Cl)c(OCc2ccccc2C)c(OC)c1. The van der Waals surface area contributed by atoms with Crippen LogP contribution in [0.1, 0.15) is 16.7 Å². The van der Waals surface area contributed by atoms with E-state index in [1.165, 1.54) is 38.5 Å². The molecule has 3 rings (SSSR count). The maximum Gasteiger partial charge on any atom is 0.271 e. The van der Waals surface area contributed by atoms with Crippen molar-refractivity contribution in [2.75, 3.05) is 19.5 Å². The van der Waals surface area contributed by atoms with Crippen molar-refractivity contribution in [2.45, 2.75) is 13.5 Å². The molecule has 0 aliphatic rings. The Balaban J connectivity index is 1.87. The summed E-state index contributed by atoms with van der Waals surface area (Å²) in [5, 5.41) is 23.4. The van der Waals surface area contributed by atoms with E-state index in [-0.39, 0.29) is 34.3 Å². The number of hydrogen-bond acceptors (Lipinski definition) is 7.